The second-order valence-corrected chi connectivity index (χ2v) is 7.02. The Kier molecular flexibility index (Phi) is 6.00. The van der Waals surface area contributed by atoms with Gasteiger partial charge in [0, 0.05) is 13.5 Å². The molecule has 0 unspecified atom stereocenters. The Hall–Kier alpha value is -1.82. The van der Waals surface area contributed by atoms with Crippen molar-refractivity contribution in [2.45, 2.75) is 0 Å². The van der Waals surface area contributed by atoms with Crippen LogP contribution in [0.2, 0.25) is 0 Å². The highest BCUT2D eigenvalue weighted by Crippen LogP contribution is 2.32. The summed E-state index contributed by atoms with van der Waals surface area (Å²) in [6.45, 7) is 3.83. The zero-order chi connectivity index (χ0) is 14.5. The van der Waals surface area contributed by atoms with Crippen molar-refractivity contribution < 1.29 is 0 Å². The van der Waals surface area contributed by atoms with E-state index in [-0.39, 0.29) is 13.5 Å². The average molecular weight is 320 g/mol. The lowest BCUT2D eigenvalue weighted by atomic mass is 10.2. The van der Waals surface area contributed by atoms with Gasteiger partial charge in [0.1, 0.15) is 0 Å². The number of hydrogen-bond donors (Lipinski definition) is 0. The van der Waals surface area contributed by atoms with Crippen molar-refractivity contribution in [2.75, 3.05) is 0 Å². The summed E-state index contributed by atoms with van der Waals surface area (Å²) in [6, 6.07) is 30.2. The molecule has 0 saturated carbocycles. The summed E-state index contributed by atoms with van der Waals surface area (Å²) in [5.41, 5.74) is 1.16. The molecule has 0 fully saturated rings. The van der Waals surface area contributed by atoms with Crippen LogP contribution < -0.4 is 15.9 Å². The van der Waals surface area contributed by atoms with Crippen molar-refractivity contribution in [3.63, 3.8) is 0 Å². The van der Waals surface area contributed by atoms with Crippen LogP contribution in [0.15, 0.2) is 91.5 Å². The topological polar surface area (TPSA) is 0 Å². The quantitative estimate of drug-likeness (QED) is 0.609. The summed E-state index contributed by atoms with van der Waals surface area (Å²) < 4.78 is 0. The van der Waals surface area contributed by atoms with Crippen molar-refractivity contribution in [1.82, 2.24) is 0 Å². The lowest BCUT2D eigenvalue weighted by Gasteiger charge is -2.19. The van der Waals surface area contributed by atoms with Gasteiger partial charge in [-0.25, -0.2) is 0 Å². The van der Waals surface area contributed by atoms with Crippen LogP contribution >= 0.6 is 21.4 Å². The zero-order valence-corrected chi connectivity index (χ0v) is 13.9. The number of rotatable bonds is 4. The van der Waals surface area contributed by atoms with Crippen LogP contribution in [0.3, 0.4) is 0 Å². The Balaban J connectivity index is 0.00000176. The van der Waals surface area contributed by atoms with Gasteiger partial charge in [-0.3, -0.25) is 0 Å². The van der Waals surface area contributed by atoms with E-state index in [1.807, 2.05) is 6.08 Å². The molecule has 0 aromatic heterocycles. The van der Waals surface area contributed by atoms with Crippen LogP contribution in [0, 0.1) is 0 Å². The van der Waals surface area contributed by atoms with Gasteiger partial charge < -0.3 is 0 Å². The normalized spacial score (nSPS) is 10.0. The minimum Gasteiger partial charge on any atom is -0.0985 e. The van der Waals surface area contributed by atoms with E-state index in [1.54, 1.807) is 0 Å². The monoisotopic (exact) mass is 320 g/mol. The largest absolute Gasteiger partial charge is 0.0985 e. The Bertz CT molecular complexity index is 666. The molecular formula is C20H17PS. The predicted molar refractivity (Wildman–Crippen MR) is 103 cm³/mol. The maximum Gasteiger partial charge on any atom is 0 e. The second kappa shape index (κ2) is 7.98. The number of hydrogen-bond acceptors (Lipinski definition) is 0. The molecule has 0 spiro atoms. The maximum atomic E-state index is 3.83. The van der Waals surface area contributed by atoms with E-state index in [4.69, 9.17) is 0 Å². The molecule has 0 amide bonds. The molecule has 0 nitrogen and oxygen atoms in total. The van der Waals surface area contributed by atoms with E-state index in [9.17, 15) is 0 Å². The predicted octanol–water partition coefficient (Wildman–Crippen LogP) is 4.74. The van der Waals surface area contributed by atoms with E-state index in [1.165, 1.54) is 15.9 Å². The lowest BCUT2D eigenvalue weighted by Crippen LogP contribution is -2.20. The molecule has 0 bridgehead atoms. The minimum absolute atomic E-state index is 0. The second-order valence-electron chi connectivity index (χ2n) is 4.80. The summed E-state index contributed by atoms with van der Waals surface area (Å²) in [6.07, 6.45) is 1.89. The third-order valence-corrected chi connectivity index (χ3v) is 5.86. The van der Waals surface area contributed by atoms with Gasteiger partial charge in [-0.1, -0.05) is 97.6 Å². The summed E-state index contributed by atoms with van der Waals surface area (Å²) in [5.74, 6) is 0. The summed E-state index contributed by atoms with van der Waals surface area (Å²) in [4.78, 5) is 0. The van der Waals surface area contributed by atoms with Gasteiger partial charge in [0.2, 0.25) is 0 Å². The van der Waals surface area contributed by atoms with Crippen LogP contribution in [-0.4, -0.2) is 0 Å². The van der Waals surface area contributed by atoms with Crippen molar-refractivity contribution in [1.29, 1.82) is 0 Å². The molecule has 2 heteroatoms. The highest BCUT2D eigenvalue weighted by Gasteiger charge is 2.15. The van der Waals surface area contributed by atoms with Crippen molar-refractivity contribution >= 4 is 43.4 Å². The molecule has 22 heavy (non-hydrogen) atoms. The molecule has 0 N–H and O–H groups in total. The fraction of sp³-hybridized carbons (Fsp3) is 0. The van der Waals surface area contributed by atoms with Gasteiger partial charge in [0.05, 0.1) is 0 Å². The van der Waals surface area contributed by atoms with E-state index >= 15 is 0 Å². The first-order valence-electron chi connectivity index (χ1n) is 7.01. The van der Waals surface area contributed by atoms with Gasteiger partial charge in [0.25, 0.3) is 0 Å². The van der Waals surface area contributed by atoms with E-state index in [2.05, 4.69) is 91.5 Å². The molecule has 0 aliphatic heterocycles. The van der Waals surface area contributed by atoms with Gasteiger partial charge in [0.15, 0.2) is 0 Å². The van der Waals surface area contributed by atoms with Crippen LogP contribution in [0.5, 0.6) is 0 Å². The van der Waals surface area contributed by atoms with Gasteiger partial charge in [-0.05, 0) is 29.4 Å². The van der Waals surface area contributed by atoms with E-state index < -0.39 is 7.92 Å². The Labute approximate surface area is 140 Å². The van der Waals surface area contributed by atoms with Crippen LogP contribution in [0.4, 0.5) is 0 Å². The fourth-order valence-electron chi connectivity index (χ4n) is 2.36. The van der Waals surface area contributed by atoms with Crippen molar-refractivity contribution in [3.8, 4) is 0 Å². The molecule has 0 heterocycles. The van der Waals surface area contributed by atoms with Crippen LogP contribution in [0.1, 0.15) is 5.56 Å². The first kappa shape index (κ1) is 16.5. The molecule has 0 saturated heterocycles. The number of benzene rings is 3. The summed E-state index contributed by atoms with van der Waals surface area (Å²) >= 11 is 0. The summed E-state index contributed by atoms with van der Waals surface area (Å²) in [5, 5.41) is 4.13. The van der Waals surface area contributed by atoms with E-state index in [0.29, 0.717) is 0 Å². The Morgan fingerprint density at radius 2 is 1.00 bits per heavy atom. The third-order valence-electron chi connectivity index (χ3n) is 3.42. The molecule has 0 aliphatic carbocycles. The van der Waals surface area contributed by atoms with Crippen LogP contribution in [-0.2, 0) is 0 Å². The third kappa shape index (κ3) is 3.68. The minimum atomic E-state index is -0.498. The van der Waals surface area contributed by atoms with Gasteiger partial charge in [-0.2, -0.15) is 0 Å². The van der Waals surface area contributed by atoms with Gasteiger partial charge >= 0.3 is 0 Å². The molecule has 108 valence electrons. The van der Waals surface area contributed by atoms with Crippen molar-refractivity contribution in [3.05, 3.63) is 97.1 Å². The Morgan fingerprint density at radius 3 is 1.41 bits per heavy atom. The first-order valence-corrected chi connectivity index (χ1v) is 8.35. The summed E-state index contributed by atoms with van der Waals surface area (Å²) in [7, 11) is -0.498. The van der Waals surface area contributed by atoms with E-state index in [0.717, 1.165) is 5.56 Å². The zero-order valence-electron chi connectivity index (χ0n) is 12.2. The first-order chi connectivity index (χ1) is 10.4. The Morgan fingerprint density at radius 1 is 0.591 bits per heavy atom. The van der Waals surface area contributed by atoms with Crippen molar-refractivity contribution in [2.24, 2.45) is 0 Å². The standard InChI is InChI=1S/C20H17P.S/c1-2-17-13-15-20(16-14-17)21(18-9-5-3-6-10-18)19-11-7-4-8-12-19;/h2-16H,1H2;. The molecule has 3 aromatic rings. The molecule has 3 aromatic carbocycles. The molecule has 3 rings (SSSR count). The molecule has 0 aliphatic rings. The molecular weight excluding hydrogens is 303 g/mol. The molecule has 0 atom stereocenters. The average Bonchev–Trinajstić information content (AvgIpc) is 2.58. The molecule has 2 radical (unpaired) electrons. The highest BCUT2D eigenvalue weighted by atomic mass is 32.1. The van der Waals surface area contributed by atoms with Crippen LogP contribution in [0.25, 0.3) is 6.08 Å². The van der Waals surface area contributed by atoms with Gasteiger partial charge in [-0.15, -0.1) is 0 Å². The highest BCUT2D eigenvalue weighted by molar-refractivity contribution is 7.79. The maximum absolute atomic E-state index is 3.83. The SMILES string of the molecule is C=Cc1ccc(P(c2ccccc2)c2ccccc2)cc1.[S]. The fourth-order valence-corrected chi connectivity index (χ4v) is 4.64. The smallest absolute Gasteiger partial charge is 0 e. The lowest BCUT2D eigenvalue weighted by molar-refractivity contribution is 1.70.